The second-order valence-corrected chi connectivity index (χ2v) is 8.11. The molecule has 0 aliphatic carbocycles. The number of anilines is 1. The molecule has 0 aliphatic heterocycles. The molecule has 0 fully saturated rings. The zero-order chi connectivity index (χ0) is 21.8. The number of pyridine rings is 1. The van der Waals surface area contributed by atoms with Gasteiger partial charge in [-0.2, -0.15) is 28.1 Å². The maximum absolute atomic E-state index is 12.5. The molecular formula is C16H20F3N5O4S. The maximum Gasteiger partial charge on any atom is 0.422 e. The van der Waals surface area contributed by atoms with Gasteiger partial charge in [0.15, 0.2) is 12.4 Å². The van der Waals surface area contributed by atoms with Gasteiger partial charge >= 0.3 is 12.2 Å². The third-order valence-electron chi connectivity index (χ3n) is 3.61. The summed E-state index contributed by atoms with van der Waals surface area (Å²) in [6.45, 7) is 1.69. The van der Waals surface area contributed by atoms with Crippen LogP contribution in [0.15, 0.2) is 17.1 Å². The van der Waals surface area contributed by atoms with E-state index in [9.17, 15) is 26.4 Å². The lowest BCUT2D eigenvalue weighted by molar-refractivity contribution is -0.154. The second kappa shape index (κ2) is 8.76. The molecule has 160 valence electrons. The number of ether oxygens (including phenoxy) is 1. The van der Waals surface area contributed by atoms with Gasteiger partial charge in [0.1, 0.15) is 0 Å². The van der Waals surface area contributed by atoms with Crippen molar-refractivity contribution in [2.75, 3.05) is 17.1 Å². The van der Waals surface area contributed by atoms with Crippen molar-refractivity contribution < 1.29 is 26.3 Å². The van der Waals surface area contributed by atoms with E-state index in [-0.39, 0.29) is 22.7 Å². The highest BCUT2D eigenvalue weighted by Gasteiger charge is 2.29. The molecule has 0 unspecified atom stereocenters. The van der Waals surface area contributed by atoms with Gasteiger partial charge in [0.2, 0.25) is 16.0 Å². The maximum atomic E-state index is 12.5. The molecule has 2 heterocycles. The fourth-order valence-corrected chi connectivity index (χ4v) is 3.41. The van der Waals surface area contributed by atoms with Crippen molar-refractivity contribution in [2.24, 2.45) is 7.05 Å². The second-order valence-electron chi connectivity index (χ2n) is 6.27. The third kappa shape index (κ3) is 6.69. The van der Waals surface area contributed by atoms with Crippen LogP contribution in [0.4, 0.5) is 19.1 Å². The van der Waals surface area contributed by atoms with E-state index in [2.05, 4.69) is 24.4 Å². The molecule has 1 N–H and O–H groups in total. The monoisotopic (exact) mass is 435 g/mol. The van der Waals surface area contributed by atoms with E-state index in [1.54, 1.807) is 6.92 Å². The van der Waals surface area contributed by atoms with Gasteiger partial charge in [0.05, 0.1) is 5.75 Å². The summed E-state index contributed by atoms with van der Waals surface area (Å²) in [5, 5.41) is 0. The molecule has 13 heteroatoms. The Labute approximate surface area is 165 Å². The van der Waals surface area contributed by atoms with Crippen LogP contribution in [0.3, 0.4) is 0 Å². The van der Waals surface area contributed by atoms with Crippen molar-refractivity contribution in [1.82, 2.24) is 19.5 Å². The molecule has 2 aromatic rings. The van der Waals surface area contributed by atoms with Crippen molar-refractivity contribution in [3.05, 3.63) is 28.2 Å². The molecule has 0 amide bonds. The standard InChI is InChI=1S/C16H20F3N5O4S/c1-4-5-6-29(26,27)23-14-20-12(11-7-10(2)13(25)24(3)8-11)21-15(22-14)28-9-16(17,18)19/h7-8H,4-6,9H2,1-3H3,(H,20,21,22,23). The number of alkyl halides is 3. The minimum Gasteiger partial charge on any atom is -0.454 e. The summed E-state index contributed by atoms with van der Waals surface area (Å²) in [6, 6.07) is 0.729. The Bertz CT molecular complexity index is 1010. The smallest absolute Gasteiger partial charge is 0.422 e. The quantitative estimate of drug-likeness (QED) is 0.674. The number of sulfonamides is 1. The van der Waals surface area contributed by atoms with E-state index in [1.165, 1.54) is 23.9 Å². The number of rotatable bonds is 8. The number of aryl methyl sites for hydroxylation is 2. The SMILES string of the molecule is CCCCS(=O)(=O)Nc1nc(OCC(F)(F)F)nc(-c2cc(C)c(=O)n(C)c2)n1. The summed E-state index contributed by atoms with van der Waals surface area (Å²) in [5.74, 6) is -0.832. The average Bonchev–Trinajstić information content (AvgIpc) is 2.61. The van der Waals surface area contributed by atoms with Gasteiger partial charge in [-0.1, -0.05) is 13.3 Å². The summed E-state index contributed by atoms with van der Waals surface area (Å²) in [4.78, 5) is 23.2. The first-order chi connectivity index (χ1) is 13.4. The predicted octanol–water partition coefficient (Wildman–Crippen LogP) is 2.03. The number of nitrogens with zero attached hydrogens (tertiary/aromatic N) is 4. The van der Waals surface area contributed by atoms with Crippen molar-refractivity contribution in [1.29, 1.82) is 0 Å². The van der Waals surface area contributed by atoms with E-state index >= 15 is 0 Å². The van der Waals surface area contributed by atoms with Crippen LogP contribution in [0.25, 0.3) is 11.4 Å². The van der Waals surface area contributed by atoms with E-state index in [1.807, 2.05) is 6.92 Å². The van der Waals surface area contributed by atoms with Crippen LogP contribution in [0.2, 0.25) is 0 Å². The number of halogens is 3. The van der Waals surface area contributed by atoms with Crippen LogP contribution >= 0.6 is 0 Å². The Balaban J connectivity index is 2.48. The third-order valence-corrected chi connectivity index (χ3v) is 4.93. The molecule has 9 nitrogen and oxygen atoms in total. The molecule has 0 saturated heterocycles. The van der Waals surface area contributed by atoms with Crippen molar-refractivity contribution in [3.63, 3.8) is 0 Å². The zero-order valence-corrected chi connectivity index (χ0v) is 16.8. The number of aromatic nitrogens is 4. The van der Waals surface area contributed by atoms with Crippen LogP contribution in [0, 0.1) is 6.92 Å². The minimum absolute atomic E-state index is 0.149. The topological polar surface area (TPSA) is 116 Å². The van der Waals surface area contributed by atoms with Gasteiger partial charge in [-0.15, -0.1) is 0 Å². The molecule has 0 bridgehead atoms. The Kier molecular flexibility index (Phi) is 6.82. The van der Waals surface area contributed by atoms with Gasteiger partial charge in [-0.25, -0.2) is 8.42 Å². The Morgan fingerprint density at radius 3 is 2.52 bits per heavy atom. The molecule has 2 aromatic heterocycles. The lowest BCUT2D eigenvalue weighted by atomic mass is 10.2. The van der Waals surface area contributed by atoms with Crippen LogP contribution in [0.5, 0.6) is 6.01 Å². The highest BCUT2D eigenvalue weighted by atomic mass is 32.2. The highest BCUT2D eigenvalue weighted by Crippen LogP contribution is 2.21. The summed E-state index contributed by atoms with van der Waals surface area (Å²) >= 11 is 0. The number of unbranched alkanes of at least 4 members (excludes halogenated alkanes) is 1. The predicted molar refractivity (Wildman–Crippen MR) is 99.1 cm³/mol. The zero-order valence-electron chi connectivity index (χ0n) is 15.9. The Morgan fingerprint density at radius 1 is 1.24 bits per heavy atom. The van der Waals surface area contributed by atoms with E-state index < -0.39 is 34.8 Å². The largest absolute Gasteiger partial charge is 0.454 e. The first kappa shape index (κ1) is 22.6. The fourth-order valence-electron chi connectivity index (χ4n) is 2.27. The van der Waals surface area contributed by atoms with Gasteiger partial charge in [-0.3, -0.25) is 9.52 Å². The van der Waals surface area contributed by atoms with Crippen LogP contribution in [0.1, 0.15) is 25.3 Å². The Hall–Kier alpha value is -2.70. The summed E-state index contributed by atoms with van der Waals surface area (Å²) in [5.41, 5.74) is 0.336. The summed E-state index contributed by atoms with van der Waals surface area (Å²) in [6.07, 6.45) is -2.26. The molecule has 0 spiro atoms. The number of hydrogen-bond acceptors (Lipinski definition) is 7. The first-order valence-corrected chi connectivity index (χ1v) is 10.2. The molecular weight excluding hydrogens is 415 g/mol. The molecule has 2 rings (SSSR count). The highest BCUT2D eigenvalue weighted by molar-refractivity contribution is 7.92. The molecule has 29 heavy (non-hydrogen) atoms. The molecule has 0 atom stereocenters. The van der Waals surface area contributed by atoms with Gasteiger partial charge < -0.3 is 9.30 Å². The van der Waals surface area contributed by atoms with Crippen molar-refractivity contribution in [3.8, 4) is 17.4 Å². The number of hydrogen-bond donors (Lipinski definition) is 1. The normalized spacial score (nSPS) is 12.1. The van der Waals surface area contributed by atoms with Crippen LogP contribution in [-0.2, 0) is 17.1 Å². The number of nitrogens with one attached hydrogen (secondary N) is 1. The summed E-state index contributed by atoms with van der Waals surface area (Å²) < 4.78 is 69.6. The molecule has 0 radical (unpaired) electrons. The lowest BCUT2D eigenvalue weighted by Gasteiger charge is -2.12. The molecule has 0 aromatic carbocycles. The van der Waals surface area contributed by atoms with Gasteiger partial charge in [-0.05, 0) is 19.4 Å². The van der Waals surface area contributed by atoms with E-state index in [0.29, 0.717) is 18.4 Å². The molecule has 0 aliphatic rings. The lowest BCUT2D eigenvalue weighted by Crippen LogP contribution is -2.22. The van der Waals surface area contributed by atoms with E-state index in [0.717, 1.165) is 0 Å². The van der Waals surface area contributed by atoms with E-state index in [4.69, 9.17) is 0 Å². The van der Waals surface area contributed by atoms with Crippen molar-refractivity contribution in [2.45, 2.75) is 32.9 Å². The van der Waals surface area contributed by atoms with Crippen LogP contribution in [-0.4, -0.2) is 46.5 Å². The summed E-state index contributed by atoms with van der Waals surface area (Å²) in [7, 11) is -2.33. The molecule has 0 saturated carbocycles. The van der Waals surface area contributed by atoms with Crippen molar-refractivity contribution >= 4 is 16.0 Å². The Morgan fingerprint density at radius 2 is 1.93 bits per heavy atom. The first-order valence-electron chi connectivity index (χ1n) is 8.54. The minimum atomic E-state index is -4.64. The van der Waals surface area contributed by atoms with Gasteiger partial charge in [0, 0.05) is 24.4 Å². The van der Waals surface area contributed by atoms with Crippen LogP contribution < -0.4 is 15.0 Å². The fraction of sp³-hybridized carbons (Fsp3) is 0.500. The average molecular weight is 435 g/mol. The van der Waals surface area contributed by atoms with Gasteiger partial charge in [0.25, 0.3) is 5.56 Å².